The lowest BCUT2D eigenvalue weighted by molar-refractivity contribution is 0.648. The summed E-state index contributed by atoms with van der Waals surface area (Å²) in [5.74, 6) is 1.09. The Morgan fingerprint density at radius 1 is 0.839 bits per heavy atom. The van der Waals surface area contributed by atoms with Gasteiger partial charge in [0.15, 0.2) is 0 Å². The Balaban J connectivity index is 1.78. The fourth-order valence-electron chi connectivity index (χ4n) is 5.17. The van der Waals surface area contributed by atoms with Crippen LogP contribution in [0.4, 0.5) is 0 Å². The number of pyridine rings is 1. The van der Waals surface area contributed by atoms with Gasteiger partial charge in [0.2, 0.25) is 0 Å². The second-order valence-corrected chi connectivity index (χ2v) is 9.87. The molecule has 1 aliphatic carbocycles. The Hall–Kier alpha value is -2.93. The number of aromatic nitrogens is 1. The van der Waals surface area contributed by atoms with Gasteiger partial charge in [0, 0.05) is 17.1 Å². The van der Waals surface area contributed by atoms with Gasteiger partial charge in [-0.1, -0.05) is 70.2 Å². The van der Waals surface area contributed by atoms with Gasteiger partial charge in [-0.15, -0.1) is 0 Å². The molecular weight excluding hydrogens is 374 g/mol. The molecule has 0 atom stereocenters. The van der Waals surface area contributed by atoms with Crippen LogP contribution in [-0.2, 0) is 12.8 Å². The Morgan fingerprint density at radius 3 is 2.39 bits per heavy atom. The fourth-order valence-corrected chi connectivity index (χ4v) is 5.17. The summed E-state index contributed by atoms with van der Waals surface area (Å²) >= 11 is 0. The van der Waals surface area contributed by atoms with Crippen LogP contribution in [0, 0.1) is 12.8 Å². The van der Waals surface area contributed by atoms with E-state index in [4.69, 9.17) is 4.98 Å². The highest BCUT2D eigenvalue weighted by Gasteiger charge is 2.24. The number of rotatable bonds is 4. The SMILES string of the molecule is Cc1cc2c(c(-c3ncc(C(C)C)c4ccc(CC(C)C)cc34)c1)Cc1ccccc1-2. The summed E-state index contributed by atoms with van der Waals surface area (Å²) in [4.78, 5) is 5.10. The third-order valence-corrected chi connectivity index (χ3v) is 6.57. The Bertz CT molecular complexity index is 1290. The minimum Gasteiger partial charge on any atom is -0.255 e. The van der Waals surface area contributed by atoms with Gasteiger partial charge in [-0.05, 0) is 88.1 Å². The van der Waals surface area contributed by atoms with E-state index in [1.165, 1.54) is 55.3 Å². The first-order valence-electron chi connectivity index (χ1n) is 11.6. The first kappa shape index (κ1) is 20.0. The van der Waals surface area contributed by atoms with Crippen molar-refractivity contribution >= 4 is 10.8 Å². The van der Waals surface area contributed by atoms with E-state index < -0.39 is 0 Å². The molecule has 156 valence electrons. The third-order valence-electron chi connectivity index (χ3n) is 6.57. The van der Waals surface area contributed by atoms with Crippen LogP contribution in [0.1, 0.15) is 61.4 Å². The molecule has 3 aromatic carbocycles. The van der Waals surface area contributed by atoms with Crippen LogP contribution in [-0.4, -0.2) is 4.98 Å². The lowest BCUT2D eigenvalue weighted by Crippen LogP contribution is -2.00. The number of aryl methyl sites for hydroxylation is 1. The highest BCUT2D eigenvalue weighted by Crippen LogP contribution is 2.44. The molecule has 5 rings (SSSR count). The van der Waals surface area contributed by atoms with E-state index in [1.54, 1.807) is 0 Å². The van der Waals surface area contributed by atoms with Gasteiger partial charge in [-0.2, -0.15) is 0 Å². The van der Waals surface area contributed by atoms with Crippen LogP contribution in [0.15, 0.2) is 60.8 Å². The van der Waals surface area contributed by atoms with Crippen LogP contribution in [0.25, 0.3) is 33.2 Å². The summed E-state index contributed by atoms with van der Waals surface area (Å²) in [7, 11) is 0. The van der Waals surface area contributed by atoms with Gasteiger partial charge in [0.1, 0.15) is 0 Å². The van der Waals surface area contributed by atoms with Crippen molar-refractivity contribution in [3.63, 3.8) is 0 Å². The molecule has 0 bridgehead atoms. The number of hydrogen-bond acceptors (Lipinski definition) is 1. The van der Waals surface area contributed by atoms with Crippen molar-refractivity contribution in [2.75, 3.05) is 0 Å². The zero-order chi connectivity index (χ0) is 21.7. The smallest absolute Gasteiger partial charge is 0.0783 e. The quantitative estimate of drug-likeness (QED) is 0.294. The average Bonchev–Trinajstić information content (AvgIpc) is 3.10. The molecule has 0 saturated heterocycles. The first-order valence-corrected chi connectivity index (χ1v) is 11.6. The van der Waals surface area contributed by atoms with Crippen molar-refractivity contribution in [2.45, 2.75) is 53.4 Å². The molecule has 0 fully saturated rings. The Kier molecular flexibility index (Phi) is 4.93. The van der Waals surface area contributed by atoms with Crippen molar-refractivity contribution in [3.8, 4) is 22.4 Å². The standard InChI is InChI=1S/C30H31N/c1-18(2)12-21-10-11-24-28(15-21)30(31-17-29(24)19(3)4)27-14-20(5)13-25-23-9-7-6-8-22(23)16-26(25)27/h6-11,13-15,17-19H,12,16H2,1-5H3. The molecule has 1 aromatic heterocycles. The van der Waals surface area contributed by atoms with Crippen LogP contribution in [0.3, 0.4) is 0 Å². The van der Waals surface area contributed by atoms with E-state index in [-0.39, 0.29) is 0 Å². The molecule has 31 heavy (non-hydrogen) atoms. The van der Waals surface area contributed by atoms with Crippen LogP contribution < -0.4 is 0 Å². The highest BCUT2D eigenvalue weighted by atomic mass is 14.7. The molecule has 0 amide bonds. The van der Waals surface area contributed by atoms with Gasteiger partial charge in [-0.3, -0.25) is 4.98 Å². The zero-order valence-corrected chi connectivity index (χ0v) is 19.3. The van der Waals surface area contributed by atoms with Gasteiger partial charge in [0.25, 0.3) is 0 Å². The number of nitrogens with zero attached hydrogens (tertiary/aromatic N) is 1. The maximum atomic E-state index is 5.10. The van der Waals surface area contributed by atoms with Gasteiger partial charge >= 0.3 is 0 Å². The summed E-state index contributed by atoms with van der Waals surface area (Å²) in [5.41, 5.74) is 12.1. The van der Waals surface area contributed by atoms with E-state index in [0.29, 0.717) is 11.8 Å². The van der Waals surface area contributed by atoms with Crippen molar-refractivity contribution in [3.05, 3.63) is 88.6 Å². The summed E-state index contributed by atoms with van der Waals surface area (Å²) in [6.45, 7) is 11.3. The molecule has 1 heteroatoms. The number of hydrogen-bond donors (Lipinski definition) is 0. The molecule has 1 nitrogen and oxygen atoms in total. The first-order chi connectivity index (χ1) is 14.9. The Morgan fingerprint density at radius 2 is 1.61 bits per heavy atom. The van der Waals surface area contributed by atoms with Crippen LogP contribution >= 0.6 is 0 Å². The van der Waals surface area contributed by atoms with E-state index in [9.17, 15) is 0 Å². The number of benzene rings is 3. The van der Waals surface area contributed by atoms with Crippen molar-refractivity contribution in [1.82, 2.24) is 4.98 Å². The molecule has 0 saturated carbocycles. The fraction of sp³-hybridized carbons (Fsp3) is 0.300. The molecular formula is C30H31N. The third kappa shape index (κ3) is 3.47. The number of fused-ring (bicyclic) bond motifs is 4. The van der Waals surface area contributed by atoms with E-state index >= 15 is 0 Å². The summed E-state index contributed by atoms with van der Waals surface area (Å²) in [5, 5.41) is 2.64. The largest absolute Gasteiger partial charge is 0.255 e. The minimum absolute atomic E-state index is 0.451. The normalized spacial score (nSPS) is 12.6. The molecule has 4 aromatic rings. The van der Waals surface area contributed by atoms with Crippen molar-refractivity contribution in [2.24, 2.45) is 5.92 Å². The minimum atomic E-state index is 0.451. The lowest BCUT2D eigenvalue weighted by atomic mass is 9.89. The average molecular weight is 406 g/mol. The second-order valence-electron chi connectivity index (χ2n) is 9.87. The molecule has 0 spiro atoms. The predicted octanol–water partition coefficient (Wildman–Crippen LogP) is 8.10. The topological polar surface area (TPSA) is 12.9 Å². The molecule has 1 heterocycles. The van der Waals surface area contributed by atoms with E-state index in [2.05, 4.69) is 95.4 Å². The second kappa shape index (κ2) is 7.64. The predicted molar refractivity (Wildman–Crippen MR) is 133 cm³/mol. The molecule has 0 N–H and O–H groups in total. The molecule has 0 aliphatic heterocycles. The molecule has 0 unspecified atom stereocenters. The Labute approximate surface area is 186 Å². The lowest BCUT2D eigenvalue weighted by Gasteiger charge is -2.17. The van der Waals surface area contributed by atoms with Crippen molar-refractivity contribution < 1.29 is 0 Å². The van der Waals surface area contributed by atoms with Crippen LogP contribution in [0.2, 0.25) is 0 Å². The monoisotopic (exact) mass is 405 g/mol. The van der Waals surface area contributed by atoms with Gasteiger partial charge in [0.05, 0.1) is 5.69 Å². The highest BCUT2D eigenvalue weighted by molar-refractivity contribution is 5.99. The van der Waals surface area contributed by atoms with Crippen LogP contribution in [0.5, 0.6) is 0 Å². The van der Waals surface area contributed by atoms with E-state index in [0.717, 1.165) is 18.5 Å². The summed E-state index contributed by atoms with van der Waals surface area (Å²) in [6, 6.07) is 20.6. The maximum Gasteiger partial charge on any atom is 0.0783 e. The molecule has 1 aliphatic rings. The van der Waals surface area contributed by atoms with Gasteiger partial charge in [-0.25, -0.2) is 0 Å². The zero-order valence-electron chi connectivity index (χ0n) is 19.3. The summed E-state index contributed by atoms with van der Waals surface area (Å²) < 4.78 is 0. The summed E-state index contributed by atoms with van der Waals surface area (Å²) in [6.07, 6.45) is 4.20. The maximum absolute atomic E-state index is 5.10. The van der Waals surface area contributed by atoms with Gasteiger partial charge < -0.3 is 0 Å². The molecule has 0 radical (unpaired) electrons. The van der Waals surface area contributed by atoms with E-state index in [1.807, 2.05) is 0 Å². The van der Waals surface area contributed by atoms with Crippen molar-refractivity contribution in [1.29, 1.82) is 0 Å².